The normalized spacial score (nSPS) is 11.4. The largest absolute Gasteiger partial charge is 0.378 e. The highest BCUT2D eigenvalue weighted by molar-refractivity contribution is 7.92. The maximum absolute atomic E-state index is 13.9. The topological polar surface area (TPSA) is 82.1 Å². The molecular formula is C18H21FN4O3S. The summed E-state index contributed by atoms with van der Waals surface area (Å²) in [5.41, 5.74) is 3.83. The Kier molecular flexibility index (Phi) is 6.51. The van der Waals surface area contributed by atoms with Gasteiger partial charge in [-0.2, -0.15) is 5.10 Å². The van der Waals surface area contributed by atoms with Gasteiger partial charge in [-0.1, -0.05) is 24.3 Å². The number of sulfonamides is 1. The number of carbonyl (C=O) groups is 1. The summed E-state index contributed by atoms with van der Waals surface area (Å²) in [5, 5.41) is 3.81. The van der Waals surface area contributed by atoms with Gasteiger partial charge in [0.15, 0.2) is 0 Å². The zero-order valence-electron chi connectivity index (χ0n) is 15.3. The Morgan fingerprint density at radius 2 is 1.78 bits per heavy atom. The molecule has 2 rings (SSSR count). The molecule has 0 aliphatic rings. The van der Waals surface area contributed by atoms with E-state index in [1.165, 1.54) is 24.4 Å². The first-order valence-corrected chi connectivity index (χ1v) is 9.85. The van der Waals surface area contributed by atoms with E-state index in [4.69, 9.17) is 0 Å². The number of nitrogens with one attached hydrogen (secondary N) is 1. The smallest absolute Gasteiger partial charge is 0.260 e. The highest BCUT2D eigenvalue weighted by atomic mass is 32.2. The van der Waals surface area contributed by atoms with E-state index >= 15 is 0 Å². The predicted molar refractivity (Wildman–Crippen MR) is 105 cm³/mol. The molecule has 0 fully saturated rings. The SMILES string of the molecule is CN(C)c1ccc(/C=N\NC(=O)CN(c2ccccc2F)S(C)(=O)=O)cc1. The molecular weight excluding hydrogens is 371 g/mol. The summed E-state index contributed by atoms with van der Waals surface area (Å²) >= 11 is 0. The molecule has 0 bridgehead atoms. The van der Waals surface area contributed by atoms with Gasteiger partial charge in [0.05, 0.1) is 18.2 Å². The fraction of sp³-hybridized carbons (Fsp3) is 0.222. The molecule has 1 N–H and O–H groups in total. The van der Waals surface area contributed by atoms with Crippen LogP contribution < -0.4 is 14.6 Å². The van der Waals surface area contributed by atoms with E-state index in [2.05, 4.69) is 10.5 Å². The number of hydrogen-bond acceptors (Lipinski definition) is 5. The van der Waals surface area contributed by atoms with Crippen LogP contribution in [0.25, 0.3) is 0 Å². The number of carbonyl (C=O) groups excluding carboxylic acids is 1. The lowest BCUT2D eigenvalue weighted by Gasteiger charge is -2.21. The van der Waals surface area contributed by atoms with Gasteiger partial charge in [0.25, 0.3) is 5.91 Å². The second-order valence-electron chi connectivity index (χ2n) is 6.00. The number of hydrogen-bond donors (Lipinski definition) is 1. The second-order valence-corrected chi connectivity index (χ2v) is 7.91. The Bertz CT molecular complexity index is 928. The second kappa shape index (κ2) is 8.63. The van der Waals surface area contributed by atoms with E-state index in [-0.39, 0.29) is 5.69 Å². The number of hydrazone groups is 1. The first-order valence-electron chi connectivity index (χ1n) is 8.00. The van der Waals surface area contributed by atoms with E-state index in [1.54, 1.807) is 0 Å². The molecule has 2 aromatic carbocycles. The molecule has 7 nitrogen and oxygen atoms in total. The monoisotopic (exact) mass is 392 g/mol. The van der Waals surface area contributed by atoms with Crippen LogP contribution in [-0.2, 0) is 14.8 Å². The Morgan fingerprint density at radius 1 is 1.15 bits per heavy atom. The third-order valence-corrected chi connectivity index (χ3v) is 4.75. The van der Waals surface area contributed by atoms with Crippen LogP contribution >= 0.6 is 0 Å². The van der Waals surface area contributed by atoms with Crippen LogP contribution in [0.15, 0.2) is 53.6 Å². The minimum Gasteiger partial charge on any atom is -0.378 e. The van der Waals surface area contributed by atoms with Crippen molar-refractivity contribution in [2.45, 2.75) is 0 Å². The van der Waals surface area contributed by atoms with Gasteiger partial charge >= 0.3 is 0 Å². The number of nitrogens with zero attached hydrogens (tertiary/aromatic N) is 3. The number of amides is 1. The minimum atomic E-state index is -3.85. The fourth-order valence-corrected chi connectivity index (χ4v) is 3.10. The Hall–Kier alpha value is -2.94. The molecule has 0 spiro atoms. The van der Waals surface area contributed by atoms with Crippen molar-refractivity contribution >= 4 is 33.5 Å². The van der Waals surface area contributed by atoms with Crippen LogP contribution in [0.5, 0.6) is 0 Å². The van der Waals surface area contributed by atoms with E-state index in [9.17, 15) is 17.6 Å². The molecule has 27 heavy (non-hydrogen) atoms. The third-order valence-electron chi connectivity index (χ3n) is 3.62. The van der Waals surface area contributed by atoms with Gasteiger partial charge < -0.3 is 4.90 Å². The predicted octanol–water partition coefficient (Wildman–Crippen LogP) is 1.81. The summed E-state index contributed by atoms with van der Waals surface area (Å²) in [5.74, 6) is -1.43. The van der Waals surface area contributed by atoms with E-state index in [0.29, 0.717) is 4.31 Å². The molecule has 144 valence electrons. The minimum absolute atomic E-state index is 0.196. The van der Waals surface area contributed by atoms with E-state index in [1.807, 2.05) is 43.3 Å². The summed E-state index contributed by atoms with van der Waals surface area (Å²) in [6, 6.07) is 12.8. The Morgan fingerprint density at radius 3 is 2.33 bits per heavy atom. The molecule has 0 saturated carbocycles. The number of anilines is 2. The molecule has 9 heteroatoms. The van der Waals surface area contributed by atoms with E-state index in [0.717, 1.165) is 23.6 Å². The van der Waals surface area contributed by atoms with Gasteiger partial charge in [-0.15, -0.1) is 0 Å². The van der Waals surface area contributed by atoms with E-state index < -0.39 is 28.3 Å². The molecule has 0 aromatic heterocycles. The van der Waals surface area contributed by atoms with Crippen molar-refractivity contribution in [3.05, 3.63) is 59.9 Å². The lowest BCUT2D eigenvalue weighted by molar-refractivity contribution is -0.119. The van der Waals surface area contributed by atoms with Crippen molar-refractivity contribution in [3.8, 4) is 0 Å². The summed E-state index contributed by atoms with van der Waals surface area (Å²) in [7, 11) is -0.00361. The maximum Gasteiger partial charge on any atom is 0.260 e. The molecule has 0 unspecified atom stereocenters. The van der Waals surface area contributed by atoms with Crippen molar-refractivity contribution in [1.82, 2.24) is 5.43 Å². The highest BCUT2D eigenvalue weighted by Gasteiger charge is 2.23. The van der Waals surface area contributed by atoms with Crippen LogP contribution in [-0.4, -0.2) is 47.4 Å². The lowest BCUT2D eigenvalue weighted by Crippen LogP contribution is -2.39. The molecule has 2 aromatic rings. The van der Waals surface area contributed by atoms with Crippen molar-refractivity contribution in [2.24, 2.45) is 5.10 Å². The number of halogens is 1. The average molecular weight is 392 g/mol. The van der Waals surface area contributed by atoms with Crippen LogP contribution in [0, 0.1) is 5.82 Å². The maximum atomic E-state index is 13.9. The van der Waals surface area contributed by atoms with Crippen molar-refractivity contribution in [1.29, 1.82) is 0 Å². The lowest BCUT2D eigenvalue weighted by atomic mass is 10.2. The molecule has 0 atom stereocenters. The van der Waals surface area contributed by atoms with Crippen LogP contribution in [0.3, 0.4) is 0 Å². The van der Waals surface area contributed by atoms with Gasteiger partial charge in [-0.25, -0.2) is 18.2 Å². The van der Waals surface area contributed by atoms with Crippen LogP contribution in [0.1, 0.15) is 5.56 Å². The van der Waals surface area contributed by atoms with Gasteiger partial charge in [0.1, 0.15) is 12.4 Å². The van der Waals surface area contributed by atoms with Crippen molar-refractivity contribution in [3.63, 3.8) is 0 Å². The summed E-state index contributed by atoms with van der Waals surface area (Å²) in [4.78, 5) is 14.0. The first kappa shape index (κ1) is 20.4. The summed E-state index contributed by atoms with van der Waals surface area (Å²) in [6.07, 6.45) is 2.34. The molecule has 0 saturated heterocycles. The highest BCUT2D eigenvalue weighted by Crippen LogP contribution is 2.20. The average Bonchev–Trinajstić information content (AvgIpc) is 2.60. The molecule has 0 radical (unpaired) electrons. The molecule has 1 amide bonds. The van der Waals surface area contributed by atoms with Crippen molar-refractivity contribution < 1.29 is 17.6 Å². The first-order chi connectivity index (χ1) is 12.7. The van der Waals surface area contributed by atoms with Gasteiger partial charge in [0.2, 0.25) is 10.0 Å². The molecule has 0 aliphatic carbocycles. The molecule has 0 aliphatic heterocycles. The fourth-order valence-electron chi connectivity index (χ4n) is 2.24. The Balaban J connectivity index is 2.05. The standard InChI is InChI=1S/C18H21FN4O3S/c1-22(2)15-10-8-14(9-11-15)12-20-21-18(24)13-23(27(3,25)26)17-7-5-4-6-16(17)19/h4-12H,13H2,1-3H3,(H,21,24)/b20-12-. The summed E-state index contributed by atoms with van der Waals surface area (Å²) in [6.45, 7) is -0.587. The quantitative estimate of drug-likeness (QED) is 0.576. The zero-order valence-corrected chi connectivity index (χ0v) is 16.1. The summed E-state index contributed by atoms with van der Waals surface area (Å²) < 4.78 is 38.5. The Labute approximate surface area is 158 Å². The number of rotatable bonds is 7. The van der Waals surface area contributed by atoms with Crippen LogP contribution in [0.2, 0.25) is 0 Å². The van der Waals surface area contributed by atoms with Gasteiger partial charge in [-0.05, 0) is 29.8 Å². The number of para-hydroxylation sites is 1. The zero-order chi connectivity index (χ0) is 20.0. The van der Waals surface area contributed by atoms with Gasteiger partial charge in [0, 0.05) is 19.8 Å². The third kappa shape index (κ3) is 5.78. The van der Waals surface area contributed by atoms with Crippen molar-refractivity contribution in [2.75, 3.05) is 36.1 Å². The molecule has 0 heterocycles. The van der Waals surface area contributed by atoms with Crippen LogP contribution in [0.4, 0.5) is 15.8 Å². The van der Waals surface area contributed by atoms with Gasteiger partial charge in [-0.3, -0.25) is 9.10 Å². The number of benzene rings is 2.